The summed E-state index contributed by atoms with van der Waals surface area (Å²) in [6.45, 7) is 5.32. The molecule has 0 aliphatic heterocycles. The van der Waals surface area contributed by atoms with Gasteiger partial charge in [0.2, 0.25) is 0 Å². The number of halogens is 1. The van der Waals surface area contributed by atoms with Crippen LogP contribution in [0, 0.1) is 6.92 Å². The number of ether oxygens (including phenoxy) is 1. The van der Waals surface area contributed by atoms with Crippen LogP contribution in [0.25, 0.3) is 10.6 Å². The van der Waals surface area contributed by atoms with E-state index < -0.39 is 0 Å². The molecule has 0 atom stereocenters. The number of nitrogens with zero attached hydrogens (tertiary/aromatic N) is 2. The molecule has 0 amide bonds. The lowest BCUT2D eigenvalue weighted by Crippen LogP contribution is -1.94. The number of aryl methyl sites for hydroxylation is 2. The van der Waals surface area contributed by atoms with Crippen LogP contribution >= 0.6 is 27.3 Å². The van der Waals surface area contributed by atoms with Crippen LogP contribution < -0.4 is 0 Å². The molecule has 0 spiro atoms. The second-order valence-corrected chi connectivity index (χ2v) is 7.44. The summed E-state index contributed by atoms with van der Waals surface area (Å²) in [5.74, 6) is 0. The predicted molar refractivity (Wildman–Crippen MR) is 102 cm³/mol. The summed E-state index contributed by atoms with van der Waals surface area (Å²) in [5, 5.41) is 1.03. The molecule has 0 aliphatic carbocycles. The molecule has 5 heteroatoms. The van der Waals surface area contributed by atoms with E-state index in [0.29, 0.717) is 13.2 Å². The second kappa shape index (κ2) is 8.01. The maximum absolute atomic E-state index is 5.89. The molecule has 3 aromatic rings. The van der Waals surface area contributed by atoms with E-state index in [-0.39, 0.29) is 0 Å². The van der Waals surface area contributed by atoms with E-state index in [0.717, 1.165) is 38.4 Å². The van der Waals surface area contributed by atoms with Crippen LogP contribution in [0.1, 0.15) is 28.8 Å². The number of thiazole rings is 1. The van der Waals surface area contributed by atoms with Crippen molar-refractivity contribution in [3.8, 4) is 10.6 Å². The molecule has 0 bridgehead atoms. The van der Waals surface area contributed by atoms with E-state index >= 15 is 0 Å². The van der Waals surface area contributed by atoms with Crippen molar-refractivity contribution in [2.75, 3.05) is 0 Å². The summed E-state index contributed by atoms with van der Waals surface area (Å²) in [4.78, 5) is 10.2. The van der Waals surface area contributed by atoms with Crippen molar-refractivity contribution in [2.24, 2.45) is 0 Å². The highest BCUT2D eigenvalue weighted by Crippen LogP contribution is 2.29. The van der Waals surface area contributed by atoms with Crippen molar-refractivity contribution in [3.05, 3.63) is 68.9 Å². The van der Waals surface area contributed by atoms with Crippen molar-refractivity contribution in [1.29, 1.82) is 0 Å². The largest absolute Gasteiger partial charge is 0.371 e. The highest BCUT2D eigenvalue weighted by atomic mass is 79.9. The van der Waals surface area contributed by atoms with E-state index in [1.54, 1.807) is 11.3 Å². The van der Waals surface area contributed by atoms with Crippen LogP contribution in [0.15, 0.2) is 47.1 Å². The first-order valence-electron chi connectivity index (χ1n) is 7.90. The topological polar surface area (TPSA) is 35.0 Å². The van der Waals surface area contributed by atoms with Gasteiger partial charge in [0.05, 0.1) is 23.8 Å². The molecule has 24 heavy (non-hydrogen) atoms. The molecular formula is C19H19BrN2OS. The summed E-state index contributed by atoms with van der Waals surface area (Å²) in [5.41, 5.74) is 4.41. The first-order valence-corrected chi connectivity index (χ1v) is 9.51. The summed E-state index contributed by atoms with van der Waals surface area (Å²) in [6, 6.07) is 12.3. The van der Waals surface area contributed by atoms with Gasteiger partial charge in [-0.1, -0.05) is 41.1 Å². The van der Waals surface area contributed by atoms with Crippen LogP contribution in [0.5, 0.6) is 0 Å². The lowest BCUT2D eigenvalue weighted by molar-refractivity contribution is 0.108. The number of hydrogen-bond donors (Lipinski definition) is 0. The molecule has 3 nitrogen and oxygen atoms in total. The first-order chi connectivity index (χ1) is 11.7. The monoisotopic (exact) mass is 402 g/mol. The quantitative estimate of drug-likeness (QED) is 0.541. The van der Waals surface area contributed by atoms with Gasteiger partial charge in [-0.05, 0) is 37.1 Å². The highest BCUT2D eigenvalue weighted by molar-refractivity contribution is 9.10. The average Bonchev–Trinajstić information content (AvgIpc) is 2.98. The summed E-state index contributed by atoms with van der Waals surface area (Å²) in [7, 11) is 0. The fourth-order valence-corrected chi connectivity index (χ4v) is 3.75. The molecule has 124 valence electrons. The van der Waals surface area contributed by atoms with Crippen molar-refractivity contribution in [2.45, 2.75) is 33.5 Å². The number of benzene rings is 1. The van der Waals surface area contributed by atoms with Crippen LogP contribution in [-0.4, -0.2) is 9.97 Å². The zero-order valence-corrected chi connectivity index (χ0v) is 16.2. The number of aromatic nitrogens is 2. The number of rotatable bonds is 6. The molecule has 0 unspecified atom stereocenters. The van der Waals surface area contributed by atoms with E-state index in [1.165, 1.54) is 4.88 Å². The summed E-state index contributed by atoms with van der Waals surface area (Å²) in [6.07, 6.45) is 2.79. The van der Waals surface area contributed by atoms with E-state index in [2.05, 4.69) is 40.0 Å². The Morgan fingerprint density at radius 3 is 2.79 bits per heavy atom. The lowest BCUT2D eigenvalue weighted by atomic mass is 10.2. The molecule has 0 saturated carbocycles. The number of hydrogen-bond acceptors (Lipinski definition) is 4. The fraction of sp³-hybridized carbons (Fsp3) is 0.263. The third-order valence-electron chi connectivity index (χ3n) is 3.77. The maximum Gasteiger partial charge on any atom is 0.124 e. The van der Waals surface area contributed by atoms with Gasteiger partial charge in [0.1, 0.15) is 5.01 Å². The van der Waals surface area contributed by atoms with Gasteiger partial charge in [0.15, 0.2) is 0 Å². The molecule has 3 rings (SSSR count). The zero-order valence-electron chi connectivity index (χ0n) is 13.8. The minimum atomic E-state index is 0.580. The van der Waals surface area contributed by atoms with Crippen molar-refractivity contribution >= 4 is 27.3 Å². The average molecular weight is 403 g/mol. The summed E-state index contributed by atoms with van der Waals surface area (Å²) < 4.78 is 6.97. The van der Waals surface area contributed by atoms with E-state index in [9.17, 15) is 0 Å². The van der Waals surface area contributed by atoms with Gasteiger partial charge in [-0.15, -0.1) is 11.3 Å². The Labute approximate surface area is 154 Å². The summed E-state index contributed by atoms with van der Waals surface area (Å²) >= 11 is 5.25. The highest BCUT2D eigenvalue weighted by Gasteiger charge is 2.10. The third kappa shape index (κ3) is 4.09. The Hall–Kier alpha value is -1.56. The molecule has 2 aromatic heterocycles. The lowest BCUT2D eigenvalue weighted by Gasteiger charge is -2.05. The van der Waals surface area contributed by atoms with Crippen molar-refractivity contribution in [1.82, 2.24) is 9.97 Å². The van der Waals surface area contributed by atoms with Gasteiger partial charge >= 0.3 is 0 Å². The Balaban J connectivity index is 1.69. The van der Waals surface area contributed by atoms with Gasteiger partial charge in [-0.3, -0.25) is 4.98 Å². The van der Waals surface area contributed by atoms with Crippen LogP contribution in [0.2, 0.25) is 0 Å². The fourth-order valence-electron chi connectivity index (χ4n) is 2.36. The van der Waals surface area contributed by atoms with Crippen LogP contribution in [0.4, 0.5) is 0 Å². The minimum absolute atomic E-state index is 0.580. The molecule has 0 N–H and O–H groups in total. The Morgan fingerprint density at radius 1 is 1.17 bits per heavy atom. The number of pyridine rings is 1. The Bertz CT molecular complexity index is 832. The minimum Gasteiger partial charge on any atom is -0.371 e. The van der Waals surface area contributed by atoms with Gasteiger partial charge < -0.3 is 4.74 Å². The normalized spacial score (nSPS) is 11.0. The molecule has 0 fully saturated rings. The zero-order chi connectivity index (χ0) is 16.9. The maximum atomic E-state index is 5.89. The molecule has 2 heterocycles. The van der Waals surface area contributed by atoms with Crippen LogP contribution in [0.3, 0.4) is 0 Å². The van der Waals surface area contributed by atoms with Crippen molar-refractivity contribution < 1.29 is 4.74 Å². The van der Waals surface area contributed by atoms with Gasteiger partial charge in [-0.2, -0.15) is 0 Å². The molecule has 0 radical (unpaired) electrons. The second-order valence-electron chi connectivity index (χ2n) is 5.50. The SMILES string of the molecule is CCc1cc(-c2nc(C)c(COCc3ccccc3Br)s2)ccn1. The van der Waals surface area contributed by atoms with E-state index in [4.69, 9.17) is 9.72 Å². The van der Waals surface area contributed by atoms with Gasteiger partial charge in [-0.25, -0.2) is 4.98 Å². The Kier molecular flexibility index (Phi) is 5.76. The van der Waals surface area contributed by atoms with Gasteiger partial charge in [0.25, 0.3) is 0 Å². The van der Waals surface area contributed by atoms with Crippen LogP contribution in [-0.2, 0) is 24.4 Å². The molecule has 0 aliphatic rings. The third-order valence-corrected chi connectivity index (χ3v) is 5.72. The molecular weight excluding hydrogens is 384 g/mol. The standard InChI is InChI=1S/C19H19BrN2OS/c1-3-16-10-14(8-9-21-16)19-22-13(2)18(24-19)12-23-11-15-6-4-5-7-17(15)20/h4-10H,3,11-12H2,1-2H3. The molecule has 0 saturated heterocycles. The smallest absolute Gasteiger partial charge is 0.124 e. The Morgan fingerprint density at radius 2 is 2.00 bits per heavy atom. The molecule has 1 aromatic carbocycles. The first kappa shape index (κ1) is 17.3. The van der Waals surface area contributed by atoms with Crippen molar-refractivity contribution in [3.63, 3.8) is 0 Å². The van der Waals surface area contributed by atoms with E-state index in [1.807, 2.05) is 37.4 Å². The predicted octanol–water partition coefficient (Wildman–Crippen LogP) is 5.56. The van der Waals surface area contributed by atoms with Gasteiger partial charge in [0, 0.05) is 21.9 Å².